The van der Waals surface area contributed by atoms with E-state index in [0.29, 0.717) is 0 Å². The molecular weight excluding hydrogens is 444 g/mol. The van der Waals surface area contributed by atoms with Crippen molar-refractivity contribution in [2.45, 2.75) is 11.4 Å². The van der Waals surface area contributed by atoms with Gasteiger partial charge >= 0.3 is 0 Å². The number of methoxy groups -OCH3 is 1. The fourth-order valence-corrected chi connectivity index (χ4v) is 4.96. The molecule has 0 atom stereocenters. The average molecular weight is 462 g/mol. The predicted molar refractivity (Wildman–Crippen MR) is 124 cm³/mol. The molecule has 2 N–H and O–H groups in total. The van der Waals surface area contributed by atoms with Gasteiger partial charge in [0.25, 0.3) is 15.6 Å². The van der Waals surface area contributed by atoms with E-state index in [0.717, 1.165) is 5.56 Å². The van der Waals surface area contributed by atoms with Crippen molar-refractivity contribution in [3.05, 3.63) is 88.3 Å². The Labute approximate surface area is 188 Å². The second-order valence-electron chi connectivity index (χ2n) is 7.35. The molecule has 0 saturated heterocycles. The minimum atomic E-state index is -4.16. The van der Waals surface area contributed by atoms with E-state index in [4.69, 9.17) is 4.74 Å². The van der Waals surface area contributed by atoms with Gasteiger partial charge in [0.1, 0.15) is 33.3 Å². The van der Waals surface area contributed by atoms with E-state index in [2.05, 4.69) is 14.7 Å². The molecule has 0 amide bonds. The number of amidine groups is 1. The number of fused-ring (bicyclic) bond motifs is 2. The summed E-state index contributed by atoms with van der Waals surface area (Å²) in [6, 6.07) is 17.0. The molecule has 4 aromatic rings. The summed E-state index contributed by atoms with van der Waals surface area (Å²) in [6.07, 6.45) is 1.52. The number of sulfonamides is 1. The summed E-state index contributed by atoms with van der Waals surface area (Å²) in [7, 11) is -2.76. The van der Waals surface area contributed by atoms with Crippen LogP contribution in [0.1, 0.15) is 11.1 Å². The predicted octanol–water partition coefficient (Wildman–Crippen LogP) is 2.72. The van der Waals surface area contributed by atoms with Crippen LogP contribution >= 0.6 is 0 Å². The fourth-order valence-electron chi connectivity index (χ4n) is 3.83. The lowest BCUT2D eigenvalue weighted by Crippen LogP contribution is -2.33. The zero-order valence-electron chi connectivity index (χ0n) is 17.4. The largest absolute Gasteiger partial charge is 0.506 e. The van der Waals surface area contributed by atoms with Crippen molar-refractivity contribution in [3.8, 4) is 11.5 Å². The van der Waals surface area contributed by atoms with Crippen LogP contribution in [0.3, 0.4) is 0 Å². The molecule has 2 aromatic carbocycles. The maximum Gasteiger partial charge on any atom is 0.286 e. The molecule has 9 nitrogen and oxygen atoms in total. The number of pyridine rings is 2. The van der Waals surface area contributed by atoms with Gasteiger partial charge in [-0.2, -0.15) is 8.42 Å². The minimum absolute atomic E-state index is 0.0860. The highest BCUT2D eigenvalue weighted by atomic mass is 32.2. The fraction of sp³-hybridized carbons (Fsp3) is 0.0870. The van der Waals surface area contributed by atoms with Crippen molar-refractivity contribution in [2.75, 3.05) is 12.4 Å². The van der Waals surface area contributed by atoms with Gasteiger partial charge in [0.2, 0.25) is 0 Å². The molecule has 0 saturated carbocycles. The molecule has 2 aromatic heterocycles. The number of nitrogens with zero attached hydrogens (tertiary/aromatic N) is 3. The van der Waals surface area contributed by atoms with E-state index in [-0.39, 0.29) is 45.3 Å². The van der Waals surface area contributed by atoms with E-state index in [1.807, 2.05) is 30.3 Å². The normalized spacial score (nSPS) is 14.3. The number of anilines is 1. The Morgan fingerprint density at radius 2 is 1.85 bits per heavy atom. The maximum atomic E-state index is 13.6. The molecule has 1 aliphatic rings. The van der Waals surface area contributed by atoms with Crippen molar-refractivity contribution in [2.24, 2.45) is 4.40 Å². The van der Waals surface area contributed by atoms with E-state index >= 15 is 0 Å². The van der Waals surface area contributed by atoms with E-state index in [1.54, 1.807) is 18.2 Å². The zero-order valence-corrected chi connectivity index (χ0v) is 18.2. The SMILES string of the molecule is COc1cccc2c1NC(c1c(O)c3cccnc3n(Cc3ccccc3)c1=O)=NS2(=O)=O. The first-order valence-electron chi connectivity index (χ1n) is 9.94. The summed E-state index contributed by atoms with van der Waals surface area (Å²) < 4.78 is 36.3. The van der Waals surface area contributed by atoms with Crippen molar-refractivity contribution >= 4 is 32.6 Å². The van der Waals surface area contributed by atoms with Gasteiger partial charge in [0, 0.05) is 6.20 Å². The van der Waals surface area contributed by atoms with Crippen LogP contribution in [0.15, 0.2) is 80.9 Å². The highest BCUT2D eigenvalue weighted by Gasteiger charge is 2.31. The summed E-state index contributed by atoms with van der Waals surface area (Å²) >= 11 is 0. The van der Waals surface area contributed by atoms with Gasteiger partial charge in [0.15, 0.2) is 5.84 Å². The minimum Gasteiger partial charge on any atom is -0.506 e. The standard InChI is InChI=1S/C23H18N4O5S/c1-32-16-10-5-11-17-19(16)25-21(26-33(17,30)31)18-20(28)15-9-6-12-24-22(15)27(23(18)29)13-14-7-3-2-4-8-14/h2-12,28H,13H2,1H3,(H,25,26). The Hall–Kier alpha value is -4.18. The van der Waals surface area contributed by atoms with Crippen molar-refractivity contribution < 1.29 is 18.3 Å². The Kier molecular flexibility index (Phi) is 4.86. The number of hydrogen-bond donors (Lipinski definition) is 2. The number of aromatic hydroxyl groups is 1. The van der Waals surface area contributed by atoms with Gasteiger partial charge in [-0.15, -0.1) is 4.40 Å². The number of rotatable bonds is 4. The van der Waals surface area contributed by atoms with Gasteiger partial charge in [-0.25, -0.2) is 4.98 Å². The summed E-state index contributed by atoms with van der Waals surface area (Å²) in [5.41, 5.74) is 0.338. The summed E-state index contributed by atoms with van der Waals surface area (Å²) in [4.78, 5) is 17.8. The van der Waals surface area contributed by atoms with Gasteiger partial charge in [-0.1, -0.05) is 36.4 Å². The summed E-state index contributed by atoms with van der Waals surface area (Å²) in [5, 5.41) is 14.2. The molecule has 5 rings (SSSR count). The molecule has 10 heteroatoms. The van der Waals surface area contributed by atoms with Crippen LogP contribution in [0.25, 0.3) is 11.0 Å². The highest BCUT2D eigenvalue weighted by molar-refractivity contribution is 7.90. The monoisotopic (exact) mass is 462 g/mol. The second kappa shape index (κ2) is 7.75. The lowest BCUT2D eigenvalue weighted by Gasteiger charge is -2.21. The first-order chi connectivity index (χ1) is 15.9. The molecule has 0 aliphatic carbocycles. The Morgan fingerprint density at radius 3 is 2.61 bits per heavy atom. The van der Waals surface area contributed by atoms with Crippen LogP contribution in [0.5, 0.6) is 11.5 Å². The third-order valence-electron chi connectivity index (χ3n) is 5.35. The lowest BCUT2D eigenvalue weighted by molar-refractivity contribution is 0.415. The molecule has 0 spiro atoms. The molecule has 33 heavy (non-hydrogen) atoms. The van der Waals surface area contributed by atoms with Crippen LogP contribution in [0.4, 0.5) is 5.69 Å². The number of nitrogens with one attached hydrogen (secondary N) is 1. The van der Waals surface area contributed by atoms with Gasteiger partial charge in [-0.05, 0) is 29.8 Å². The molecule has 166 valence electrons. The highest BCUT2D eigenvalue weighted by Crippen LogP contribution is 2.37. The third kappa shape index (κ3) is 3.40. The first kappa shape index (κ1) is 20.7. The Bertz CT molecular complexity index is 1590. The smallest absolute Gasteiger partial charge is 0.286 e. The Balaban J connectivity index is 1.77. The number of benzene rings is 2. The van der Waals surface area contributed by atoms with Crippen LogP contribution < -0.4 is 15.6 Å². The third-order valence-corrected chi connectivity index (χ3v) is 6.67. The quantitative estimate of drug-likeness (QED) is 0.478. The van der Waals surface area contributed by atoms with E-state index in [9.17, 15) is 18.3 Å². The van der Waals surface area contributed by atoms with Crippen LogP contribution in [-0.2, 0) is 16.6 Å². The summed E-state index contributed by atoms with van der Waals surface area (Å²) in [5.74, 6) is -0.440. The molecule has 0 unspecified atom stereocenters. The molecule has 0 radical (unpaired) electrons. The molecule has 0 fully saturated rings. The molecular formula is C23H18N4O5S. The average Bonchev–Trinajstić information content (AvgIpc) is 2.82. The number of aromatic nitrogens is 2. The molecule has 0 bridgehead atoms. The van der Waals surface area contributed by atoms with Crippen molar-refractivity contribution in [1.29, 1.82) is 0 Å². The van der Waals surface area contributed by atoms with Crippen molar-refractivity contribution in [3.63, 3.8) is 0 Å². The van der Waals surface area contributed by atoms with Gasteiger partial charge in [0.05, 0.1) is 19.0 Å². The van der Waals surface area contributed by atoms with Gasteiger partial charge in [-0.3, -0.25) is 9.36 Å². The number of ether oxygens (including phenoxy) is 1. The van der Waals surface area contributed by atoms with Crippen LogP contribution in [0.2, 0.25) is 0 Å². The van der Waals surface area contributed by atoms with Gasteiger partial charge < -0.3 is 15.2 Å². The lowest BCUT2D eigenvalue weighted by atomic mass is 10.1. The van der Waals surface area contributed by atoms with Crippen molar-refractivity contribution in [1.82, 2.24) is 9.55 Å². The molecule has 1 aliphatic heterocycles. The number of hydrogen-bond acceptors (Lipinski definition) is 7. The van der Waals surface area contributed by atoms with E-state index < -0.39 is 21.3 Å². The molecule has 3 heterocycles. The maximum absolute atomic E-state index is 13.6. The topological polar surface area (TPSA) is 123 Å². The second-order valence-corrected chi connectivity index (χ2v) is 8.92. The van der Waals surface area contributed by atoms with Crippen LogP contribution in [0, 0.1) is 0 Å². The first-order valence-corrected chi connectivity index (χ1v) is 11.4. The zero-order chi connectivity index (χ0) is 23.2. The number of para-hydroxylation sites is 1. The van der Waals surface area contributed by atoms with E-state index in [1.165, 1.54) is 30.0 Å². The van der Waals surface area contributed by atoms with Crippen LogP contribution in [-0.4, -0.2) is 36.0 Å². The Morgan fingerprint density at radius 1 is 1.06 bits per heavy atom. The summed E-state index contributed by atoms with van der Waals surface area (Å²) in [6.45, 7) is 0.167.